The summed E-state index contributed by atoms with van der Waals surface area (Å²) in [5.74, 6) is 0.131. The highest BCUT2D eigenvalue weighted by molar-refractivity contribution is 6.09. The van der Waals surface area contributed by atoms with Crippen LogP contribution in [-0.2, 0) is 0 Å². The summed E-state index contributed by atoms with van der Waals surface area (Å²) in [5, 5.41) is 0. The van der Waals surface area contributed by atoms with E-state index >= 15 is 0 Å². The van der Waals surface area contributed by atoms with Gasteiger partial charge in [-0.3, -0.25) is 14.7 Å². The topological polar surface area (TPSA) is 42.5 Å². The smallest absolute Gasteiger partial charge is 0.187 e. The predicted molar refractivity (Wildman–Crippen MR) is 121 cm³/mol. The van der Waals surface area contributed by atoms with Gasteiger partial charge in [-0.15, -0.1) is 0 Å². The molecule has 0 saturated carbocycles. The Balaban J connectivity index is 1.81. The van der Waals surface area contributed by atoms with E-state index in [4.69, 9.17) is 6.57 Å². The highest BCUT2D eigenvalue weighted by Gasteiger charge is 2.29. The molecule has 1 aliphatic rings. The molecule has 0 spiro atoms. The number of nitrogens with zero attached hydrogens (tertiary/aromatic N) is 4. The normalized spacial score (nSPS) is 19.7. The molecule has 30 heavy (non-hydrogen) atoms. The number of fused-ring (bicyclic) bond motifs is 1. The minimum atomic E-state index is 0.131. The Kier molecular flexibility index (Phi) is 5.44. The third-order valence-corrected chi connectivity index (χ3v) is 6.40. The van der Waals surface area contributed by atoms with Gasteiger partial charge in [0.1, 0.15) is 0 Å². The molecule has 2 atom stereocenters. The molecular weight excluding hydrogens is 372 g/mol. The number of carbonyl (C=O) groups is 1. The Morgan fingerprint density at radius 3 is 2.47 bits per heavy atom. The van der Waals surface area contributed by atoms with E-state index in [1.165, 1.54) is 6.42 Å². The Morgan fingerprint density at radius 1 is 1.17 bits per heavy atom. The fourth-order valence-corrected chi connectivity index (χ4v) is 4.75. The first kappa shape index (κ1) is 20.3. The highest BCUT2D eigenvalue weighted by atomic mass is 16.1. The molecule has 154 valence electrons. The van der Waals surface area contributed by atoms with Crippen molar-refractivity contribution in [1.29, 1.82) is 0 Å². The third-order valence-electron chi connectivity index (χ3n) is 6.40. The first-order valence-corrected chi connectivity index (χ1v) is 10.6. The van der Waals surface area contributed by atoms with E-state index in [0.717, 1.165) is 40.8 Å². The second-order valence-electron chi connectivity index (χ2n) is 8.53. The molecule has 0 bridgehead atoms. The number of Topliss-reactive ketones (excluding diaryl/α,β-unsaturated/α-hetero) is 1. The van der Waals surface area contributed by atoms with Gasteiger partial charge < -0.3 is 4.57 Å². The molecule has 0 N–H and O–H groups in total. The van der Waals surface area contributed by atoms with Crippen molar-refractivity contribution < 1.29 is 4.79 Å². The van der Waals surface area contributed by atoms with Gasteiger partial charge in [-0.1, -0.05) is 18.6 Å². The predicted octanol–water partition coefficient (Wildman–Crippen LogP) is 5.64. The lowest BCUT2D eigenvalue weighted by Crippen LogP contribution is -2.46. The summed E-state index contributed by atoms with van der Waals surface area (Å²) < 4.78 is 2.10. The number of hydrogen-bond acceptors (Lipinski definition) is 3. The Labute approximate surface area is 178 Å². The zero-order valence-corrected chi connectivity index (χ0v) is 18.1. The van der Waals surface area contributed by atoms with Crippen molar-refractivity contribution in [2.75, 3.05) is 6.54 Å². The summed E-state index contributed by atoms with van der Waals surface area (Å²) in [6.07, 6.45) is 5.34. The van der Waals surface area contributed by atoms with Crippen molar-refractivity contribution in [2.45, 2.75) is 59.0 Å². The number of ketones is 1. The van der Waals surface area contributed by atoms with E-state index in [1.807, 2.05) is 44.3 Å². The summed E-state index contributed by atoms with van der Waals surface area (Å²) >= 11 is 0. The van der Waals surface area contributed by atoms with Crippen LogP contribution in [0.3, 0.4) is 0 Å². The van der Waals surface area contributed by atoms with Crippen LogP contribution in [0.1, 0.15) is 54.7 Å². The number of benzene rings is 1. The van der Waals surface area contributed by atoms with E-state index in [9.17, 15) is 4.79 Å². The lowest BCUT2D eigenvalue weighted by molar-refractivity contribution is 0.0735. The Hall–Kier alpha value is -2.97. The number of carbonyl (C=O) groups excluding carboxylic acids is 1. The van der Waals surface area contributed by atoms with E-state index < -0.39 is 0 Å². The second-order valence-corrected chi connectivity index (χ2v) is 8.53. The van der Waals surface area contributed by atoms with Gasteiger partial charge in [0.15, 0.2) is 11.5 Å². The molecule has 1 aromatic carbocycles. The van der Waals surface area contributed by atoms with Crippen LogP contribution < -0.4 is 0 Å². The molecule has 1 saturated heterocycles. The van der Waals surface area contributed by atoms with Crippen LogP contribution in [0, 0.1) is 20.4 Å². The van der Waals surface area contributed by atoms with Gasteiger partial charge in [0.05, 0.1) is 29.7 Å². The van der Waals surface area contributed by atoms with Crippen molar-refractivity contribution >= 4 is 22.5 Å². The fourth-order valence-electron chi connectivity index (χ4n) is 4.75. The molecule has 5 heteroatoms. The summed E-state index contributed by atoms with van der Waals surface area (Å²) in [5.41, 5.74) is 5.91. The monoisotopic (exact) mass is 400 g/mol. The van der Waals surface area contributed by atoms with Crippen molar-refractivity contribution in [3.8, 4) is 5.69 Å². The van der Waals surface area contributed by atoms with Crippen molar-refractivity contribution in [2.24, 2.45) is 0 Å². The number of piperidine rings is 1. The quantitative estimate of drug-likeness (QED) is 0.420. The van der Waals surface area contributed by atoms with E-state index in [0.29, 0.717) is 29.9 Å². The van der Waals surface area contributed by atoms with E-state index in [-0.39, 0.29) is 5.78 Å². The Morgan fingerprint density at radius 2 is 1.83 bits per heavy atom. The van der Waals surface area contributed by atoms with E-state index in [2.05, 4.69) is 39.2 Å². The molecule has 4 rings (SSSR count). The van der Waals surface area contributed by atoms with Gasteiger partial charge in [-0.25, -0.2) is 4.85 Å². The van der Waals surface area contributed by atoms with Crippen LogP contribution in [-0.4, -0.2) is 38.9 Å². The van der Waals surface area contributed by atoms with Crippen LogP contribution in [0.2, 0.25) is 0 Å². The van der Waals surface area contributed by atoms with Gasteiger partial charge in [-0.05, 0) is 64.3 Å². The van der Waals surface area contributed by atoms with Crippen LogP contribution in [0.15, 0.2) is 36.5 Å². The van der Waals surface area contributed by atoms with Gasteiger partial charge in [0, 0.05) is 29.7 Å². The average molecular weight is 401 g/mol. The number of aromatic nitrogens is 2. The maximum absolute atomic E-state index is 13.5. The number of hydrogen-bond donors (Lipinski definition) is 0. The van der Waals surface area contributed by atoms with Gasteiger partial charge in [-0.2, -0.15) is 0 Å². The highest BCUT2D eigenvalue weighted by Crippen LogP contribution is 2.31. The van der Waals surface area contributed by atoms with E-state index in [1.54, 1.807) is 0 Å². The molecular formula is C25H28N4O. The van der Waals surface area contributed by atoms with Crippen LogP contribution in [0.5, 0.6) is 0 Å². The summed E-state index contributed by atoms with van der Waals surface area (Å²) in [4.78, 5) is 24.0. The van der Waals surface area contributed by atoms with Crippen LogP contribution >= 0.6 is 0 Å². The molecule has 1 fully saturated rings. The number of rotatable bonds is 4. The second kappa shape index (κ2) is 8.04. The molecule has 3 aromatic rings. The molecule has 0 radical (unpaired) electrons. The number of pyridine rings is 1. The number of aryl methyl sites for hydroxylation is 1. The molecule has 3 heterocycles. The van der Waals surface area contributed by atoms with Crippen molar-refractivity contribution in [1.82, 2.24) is 14.5 Å². The van der Waals surface area contributed by atoms with Crippen LogP contribution in [0.25, 0.3) is 21.6 Å². The molecule has 0 aliphatic carbocycles. The fraction of sp³-hybridized carbons (Fsp3) is 0.400. The lowest BCUT2D eigenvalue weighted by atomic mass is 9.96. The van der Waals surface area contributed by atoms with Crippen molar-refractivity contribution in [3.05, 3.63) is 64.8 Å². The zero-order valence-electron chi connectivity index (χ0n) is 18.1. The molecule has 2 aromatic heterocycles. The summed E-state index contributed by atoms with van der Waals surface area (Å²) in [6.45, 7) is 16.1. The Bertz CT molecular complexity index is 1130. The standard InChI is InChI=1S/C25H28N4O/c1-16-13-22-25(27-14-16)24(23(30)15-28-17(2)7-6-8-18(28)3)19(4)29(22)21-11-9-20(26-5)10-12-21/h9-14,17-18H,6-8,15H2,1-4H3/t17-,18-/m1/s1. The maximum Gasteiger partial charge on any atom is 0.187 e. The first-order chi connectivity index (χ1) is 14.4. The summed E-state index contributed by atoms with van der Waals surface area (Å²) in [7, 11) is 0. The minimum absolute atomic E-state index is 0.131. The molecule has 1 aliphatic heterocycles. The van der Waals surface area contributed by atoms with Crippen LogP contribution in [0.4, 0.5) is 5.69 Å². The molecule has 0 amide bonds. The average Bonchev–Trinajstić information content (AvgIpc) is 3.02. The largest absolute Gasteiger partial charge is 0.312 e. The lowest BCUT2D eigenvalue weighted by Gasteiger charge is -2.38. The third kappa shape index (κ3) is 3.53. The summed E-state index contributed by atoms with van der Waals surface area (Å²) in [6, 6.07) is 10.4. The van der Waals surface area contributed by atoms with Gasteiger partial charge in [0.2, 0.25) is 0 Å². The molecule has 0 unspecified atom stereocenters. The zero-order chi connectivity index (χ0) is 21.4. The first-order valence-electron chi connectivity index (χ1n) is 10.6. The minimum Gasteiger partial charge on any atom is -0.312 e. The van der Waals surface area contributed by atoms with Gasteiger partial charge >= 0.3 is 0 Å². The van der Waals surface area contributed by atoms with Gasteiger partial charge in [0.25, 0.3) is 0 Å². The number of likely N-dealkylation sites (tertiary alicyclic amines) is 1. The maximum atomic E-state index is 13.5. The van der Waals surface area contributed by atoms with Crippen molar-refractivity contribution in [3.63, 3.8) is 0 Å². The SMILES string of the molecule is [C-]#[N+]c1ccc(-n2c(C)c(C(=O)CN3[C@H](C)CCC[C@H]3C)c3ncc(C)cc32)cc1. The molecule has 5 nitrogen and oxygen atoms in total.